The summed E-state index contributed by atoms with van der Waals surface area (Å²) in [4.78, 5) is 29.8. The number of carbonyl (C=O) groups is 2. The molecule has 22 heavy (non-hydrogen) atoms. The first-order valence-corrected chi connectivity index (χ1v) is 8.30. The molecule has 0 bridgehead atoms. The number of amides is 1. The summed E-state index contributed by atoms with van der Waals surface area (Å²) in [7, 11) is 0. The lowest BCUT2D eigenvalue weighted by Gasteiger charge is -2.27. The van der Waals surface area contributed by atoms with Gasteiger partial charge >= 0.3 is 0 Å². The Labute approximate surface area is 133 Å². The quantitative estimate of drug-likeness (QED) is 0.943. The van der Waals surface area contributed by atoms with E-state index in [4.69, 9.17) is 5.73 Å². The molecule has 0 saturated carbocycles. The number of primary amides is 1. The maximum absolute atomic E-state index is 12.4. The van der Waals surface area contributed by atoms with Crippen LogP contribution in [0.3, 0.4) is 0 Å². The molecule has 0 aliphatic heterocycles. The van der Waals surface area contributed by atoms with Gasteiger partial charge in [-0.1, -0.05) is 37.3 Å². The molecule has 4 nitrogen and oxygen atoms in total. The van der Waals surface area contributed by atoms with Gasteiger partial charge in [0.15, 0.2) is 5.78 Å². The second-order valence-corrected chi connectivity index (χ2v) is 6.56. The molecule has 1 aliphatic carbocycles. The third kappa shape index (κ3) is 2.16. The van der Waals surface area contributed by atoms with Crippen LogP contribution in [0, 0.1) is 0 Å². The van der Waals surface area contributed by atoms with Gasteiger partial charge in [0.1, 0.15) is 10.4 Å². The van der Waals surface area contributed by atoms with Crippen LogP contribution in [0.15, 0.2) is 30.3 Å². The summed E-state index contributed by atoms with van der Waals surface area (Å²) in [5.74, 6) is -0.285. The predicted molar refractivity (Wildman–Crippen MR) is 86.1 cm³/mol. The number of carbonyl (C=O) groups excluding carboxylic acids is 2. The predicted octanol–water partition coefficient (Wildman–Crippen LogP) is 2.84. The van der Waals surface area contributed by atoms with Crippen molar-refractivity contribution in [2.75, 3.05) is 0 Å². The molecule has 0 radical (unpaired) electrons. The zero-order valence-corrected chi connectivity index (χ0v) is 13.3. The zero-order chi connectivity index (χ0) is 15.7. The molecule has 2 aromatic rings. The number of hydrogen-bond acceptors (Lipinski definition) is 4. The number of hydrogen-bond donors (Lipinski definition) is 1. The number of ketones is 1. The Morgan fingerprint density at radius 2 is 2.05 bits per heavy atom. The van der Waals surface area contributed by atoms with Gasteiger partial charge in [0.2, 0.25) is 5.91 Å². The Kier molecular flexibility index (Phi) is 3.83. The summed E-state index contributed by atoms with van der Waals surface area (Å²) in [6.07, 6.45) is 2.71. The second kappa shape index (κ2) is 5.65. The van der Waals surface area contributed by atoms with Crippen LogP contribution in [0.4, 0.5) is 0 Å². The number of aromatic nitrogens is 1. The van der Waals surface area contributed by atoms with Gasteiger partial charge in [-0.05, 0) is 24.8 Å². The highest BCUT2D eigenvalue weighted by molar-refractivity contribution is 7.14. The molecular formula is C17H18N2O2S. The molecule has 5 heteroatoms. The standard InChI is InChI=1S/C17H18N2O2S/c1-2-17(15(18)21,11-7-4-3-5-8-11)16-19-12-9-6-10-13(20)14(12)22-16/h3-5,7-8H,2,6,9-10H2,1H3,(H2,18,21). The maximum atomic E-state index is 12.4. The van der Waals surface area contributed by atoms with E-state index < -0.39 is 11.3 Å². The number of aryl methyl sites for hydroxylation is 1. The number of benzene rings is 1. The Balaban J connectivity index is 2.19. The van der Waals surface area contributed by atoms with Gasteiger partial charge in [-0.15, -0.1) is 11.3 Å². The number of fused-ring (bicyclic) bond motifs is 1. The van der Waals surface area contributed by atoms with Crippen molar-refractivity contribution < 1.29 is 9.59 Å². The lowest BCUT2D eigenvalue weighted by molar-refractivity contribution is -0.122. The van der Waals surface area contributed by atoms with Gasteiger partial charge in [0, 0.05) is 6.42 Å². The average Bonchev–Trinajstić information content (AvgIpc) is 2.95. The third-order valence-corrected chi connectivity index (χ3v) is 5.65. The van der Waals surface area contributed by atoms with Crippen LogP contribution in [0.5, 0.6) is 0 Å². The van der Waals surface area contributed by atoms with Crippen LogP contribution >= 0.6 is 11.3 Å². The van der Waals surface area contributed by atoms with Crippen LogP contribution in [0.2, 0.25) is 0 Å². The van der Waals surface area contributed by atoms with Crippen molar-refractivity contribution in [3.05, 3.63) is 51.5 Å². The molecule has 1 atom stereocenters. The van der Waals surface area contributed by atoms with Gasteiger partial charge < -0.3 is 5.73 Å². The van der Waals surface area contributed by atoms with Crippen LogP contribution in [0.1, 0.15) is 52.1 Å². The first-order chi connectivity index (χ1) is 10.6. The smallest absolute Gasteiger partial charge is 0.235 e. The minimum Gasteiger partial charge on any atom is -0.369 e. The van der Waals surface area contributed by atoms with Crippen molar-refractivity contribution in [1.29, 1.82) is 0 Å². The summed E-state index contributed by atoms with van der Waals surface area (Å²) in [6.45, 7) is 1.93. The summed E-state index contributed by atoms with van der Waals surface area (Å²) >= 11 is 1.34. The highest BCUT2D eigenvalue weighted by atomic mass is 32.1. The summed E-state index contributed by atoms with van der Waals surface area (Å²) in [5.41, 5.74) is 6.49. The van der Waals surface area contributed by atoms with Crippen molar-refractivity contribution in [3.63, 3.8) is 0 Å². The normalized spacial score (nSPS) is 16.9. The fourth-order valence-electron chi connectivity index (χ4n) is 3.07. The SMILES string of the molecule is CCC(C(N)=O)(c1ccccc1)c1nc2c(s1)C(=O)CCC2. The van der Waals surface area contributed by atoms with Gasteiger partial charge in [0.25, 0.3) is 0 Å². The van der Waals surface area contributed by atoms with Crippen molar-refractivity contribution >= 4 is 23.0 Å². The van der Waals surface area contributed by atoms with Crippen molar-refractivity contribution in [2.24, 2.45) is 5.73 Å². The molecule has 2 N–H and O–H groups in total. The van der Waals surface area contributed by atoms with Gasteiger partial charge in [-0.2, -0.15) is 0 Å². The number of nitrogens with two attached hydrogens (primary N) is 1. The van der Waals surface area contributed by atoms with Crippen LogP contribution in [-0.4, -0.2) is 16.7 Å². The second-order valence-electron chi connectivity index (χ2n) is 5.56. The molecule has 1 aliphatic rings. The molecule has 114 valence electrons. The lowest BCUT2D eigenvalue weighted by Crippen LogP contribution is -2.41. The molecule has 1 aromatic carbocycles. The van der Waals surface area contributed by atoms with Crippen LogP contribution in [-0.2, 0) is 16.6 Å². The van der Waals surface area contributed by atoms with E-state index in [-0.39, 0.29) is 5.78 Å². The van der Waals surface area contributed by atoms with E-state index >= 15 is 0 Å². The van der Waals surface area contributed by atoms with Gasteiger partial charge in [-0.25, -0.2) is 4.98 Å². The van der Waals surface area contributed by atoms with E-state index in [1.807, 2.05) is 37.3 Å². The lowest BCUT2D eigenvalue weighted by atomic mass is 9.78. The highest BCUT2D eigenvalue weighted by Crippen LogP contribution is 2.40. The molecule has 0 fully saturated rings. The minimum atomic E-state index is -0.955. The van der Waals surface area contributed by atoms with E-state index in [0.29, 0.717) is 22.7 Å². The van der Waals surface area contributed by atoms with Crippen molar-refractivity contribution in [1.82, 2.24) is 4.98 Å². The average molecular weight is 314 g/mol. The van der Waals surface area contributed by atoms with E-state index in [1.54, 1.807) is 0 Å². The molecule has 0 spiro atoms. The fraction of sp³-hybridized carbons (Fsp3) is 0.353. The molecule has 1 unspecified atom stereocenters. The molecule has 1 aromatic heterocycles. The number of nitrogens with zero attached hydrogens (tertiary/aromatic N) is 1. The Bertz CT molecular complexity index is 724. The largest absolute Gasteiger partial charge is 0.369 e. The van der Waals surface area contributed by atoms with Gasteiger partial charge in [-0.3, -0.25) is 9.59 Å². The Hall–Kier alpha value is -2.01. The summed E-state index contributed by atoms with van der Waals surface area (Å²) in [6, 6.07) is 9.48. The molecule has 1 amide bonds. The summed E-state index contributed by atoms with van der Waals surface area (Å²) in [5, 5.41) is 0.647. The van der Waals surface area contributed by atoms with E-state index in [2.05, 4.69) is 4.98 Å². The topological polar surface area (TPSA) is 73.1 Å². The fourth-order valence-corrected chi connectivity index (χ4v) is 4.44. The van der Waals surface area contributed by atoms with Crippen molar-refractivity contribution in [3.8, 4) is 0 Å². The first-order valence-electron chi connectivity index (χ1n) is 7.48. The molecule has 0 saturated heterocycles. The minimum absolute atomic E-state index is 0.132. The monoisotopic (exact) mass is 314 g/mol. The Morgan fingerprint density at radius 3 is 2.64 bits per heavy atom. The first kappa shape index (κ1) is 14.9. The van der Waals surface area contributed by atoms with Gasteiger partial charge in [0.05, 0.1) is 10.6 Å². The number of Topliss-reactive ketones (excluding diaryl/α,β-unsaturated/α-hetero) is 1. The maximum Gasteiger partial charge on any atom is 0.235 e. The van der Waals surface area contributed by atoms with E-state index in [9.17, 15) is 9.59 Å². The number of rotatable bonds is 4. The van der Waals surface area contributed by atoms with E-state index in [1.165, 1.54) is 11.3 Å². The molecule has 3 rings (SSSR count). The zero-order valence-electron chi connectivity index (χ0n) is 12.5. The van der Waals surface area contributed by atoms with Crippen molar-refractivity contribution in [2.45, 2.75) is 38.0 Å². The molecular weight excluding hydrogens is 296 g/mol. The van der Waals surface area contributed by atoms with Crippen LogP contribution in [0.25, 0.3) is 0 Å². The molecule has 1 heterocycles. The summed E-state index contributed by atoms with van der Waals surface area (Å²) < 4.78 is 0. The highest BCUT2D eigenvalue weighted by Gasteiger charge is 2.43. The number of thiazole rings is 1. The van der Waals surface area contributed by atoms with Crippen LogP contribution < -0.4 is 5.73 Å². The third-order valence-electron chi connectivity index (χ3n) is 4.35. The van der Waals surface area contributed by atoms with E-state index in [0.717, 1.165) is 24.1 Å². The Morgan fingerprint density at radius 1 is 1.32 bits per heavy atom.